The minimum absolute atomic E-state index is 0. The minimum Gasteiger partial charge on any atom is -1.00 e. The summed E-state index contributed by atoms with van der Waals surface area (Å²) in [6.45, 7) is 15.7. The lowest BCUT2D eigenvalue weighted by Crippen LogP contribution is -3.00. The Balaban J connectivity index is 0.00000312. The van der Waals surface area contributed by atoms with Crippen LogP contribution in [-0.4, -0.2) is 0 Å². The maximum atomic E-state index is 2.29. The molecule has 0 N–H and O–H groups in total. The second-order valence-electron chi connectivity index (χ2n) is 8.86. The van der Waals surface area contributed by atoms with Crippen LogP contribution < -0.4 is 43.1 Å². The molecular formula is C22H34Br2N2. The fourth-order valence-electron chi connectivity index (χ4n) is 2.80. The van der Waals surface area contributed by atoms with Gasteiger partial charge in [-0.05, 0) is 22.0 Å². The lowest BCUT2D eigenvalue weighted by molar-refractivity contribution is -0.708. The summed E-state index contributed by atoms with van der Waals surface area (Å²) >= 11 is 0. The highest BCUT2D eigenvalue weighted by Crippen LogP contribution is 2.20. The zero-order valence-electron chi connectivity index (χ0n) is 17.1. The topological polar surface area (TPSA) is 7.76 Å². The Labute approximate surface area is 181 Å². The van der Waals surface area contributed by atoms with Crippen molar-refractivity contribution in [2.75, 3.05) is 0 Å². The van der Waals surface area contributed by atoms with Crippen molar-refractivity contribution in [3.63, 3.8) is 0 Å². The van der Waals surface area contributed by atoms with Crippen LogP contribution >= 0.6 is 0 Å². The Morgan fingerprint density at radius 3 is 1.08 bits per heavy atom. The number of unbranched alkanes of at least 4 members (excludes halogenated alkanes) is 1. The molecule has 2 heterocycles. The minimum atomic E-state index is 0. The number of halogens is 2. The van der Waals surface area contributed by atoms with E-state index >= 15 is 0 Å². The van der Waals surface area contributed by atoms with Gasteiger partial charge in [0.2, 0.25) is 0 Å². The number of pyridine rings is 2. The summed E-state index contributed by atoms with van der Waals surface area (Å²) in [6.07, 6.45) is 11.3. The van der Waals surface area contributed by atoms with E-state index in [2.05, 4.69) is 99.7 Å². The molecule has 2 aromatic rings. The Kier molecular flexibility index (Phi) is 10.3. The van der Waals surface area contributed by atoms with Crippen LogP contribution in [0.15, 0.2) is 49.1 Å². The summed E-state index contributed by atoms with van der Waals surface area (Å²) in [6, 6.07) is 9.00. The first kappa shape index (κ1) is 25.3. The third-order valence-electron chi connectivity index (χ3n) is 4.60. The molecule has 146 valence electrons. The van der Waals surface area contributed by atoms with E-state index in [9.17, 15) is 0 Å². The van der Waals surface area contributed by atoms with Crippen LogP contribution in [0.25, 0.3) is 0 Å². The van der Waals surface area contributed by atoms with Crippen LogP contribution in [0.5, 0.6) is 0 Å². The monoisotopic (exact) mass is 484 g/mol. The summed E-state index contributed by atoms with van der Waals surface area (Å²) in [5, 5.41) is 0. The Bertz CT molecular complexity index is 576. The summed E-state index contributed by atoms with van der Waals surface area (Å²) in [4.78, 5) is 0. The van der Waals surface area contributed by atoms with Gasteiger partial charge in [0.1, 0.15) is 13.1 Å². The summed E-state index contributed by atoms with van der Waals surface area (Å²) in [5.74, 6) is 0. The molecule has 2 rings (SSSR count). The second-order valence-corrected chi connectivity index (χ2v) is 8.86. The van der Waals surface area contributed by atoms with Gasteiger partial charge in [-0.3, -0.25) is 0 Å². The van der Waals surface area contributed by atoms with Gasteiger partial charge in [0.25, 0.3) is 0 Å². The van der Waals surface area contributed by atoms with Crippen molar-refractivity contribution < 1.29 is 43.1 Å². The number of nitrogens with zero attached hydrogens (tertiary/aromatic N) is 2. The first-order valence-corrected chi connectivity index (χ1v) is 9.15. The van der Waals surface area contributed by atoms with Crippen LogP contribution in [0, 0.1) is 0 Å². The van der Waals surface area contributed by atoms with Gasteiger partial charge in [0, 0.05) is 37.1 Å². The molecule has 0 fully saturated rings. The summed E-state index contributed by atoms with van der Waals surface area (Å²) in [7, 11) is 0. The van der Waals surface area contributed by atoms with E-state index < -0.39 is 0 Å². The van der Waals surface area contributed by atoms with Crippen LogP contribution in [-0.2, 0) is 23.9 Å². The number of rotatable bonds is 5. The van der Waals surface area contributed by atoms with E-state index in [0.29, 0.717) is 0 Å². The molecule has 0 aromatic carbocycles. The van der Waals surface area contributed by atoms with Crippen molar-refractivity contribution >= 4 is 0 Å². The van der Waals surface area contributed by atoms with Crippen molar-refractivity contribution in [1.29, 1.82) is 0 Å². The van der Waals surface area contributed by atoms with Crippen LogP contribution in [0.2, 0.25) is 0 Å². The molecule has 2 aromatic heterocycles. The van der Waals surface area contributed by atoms with Gasteiger partial charge in [-0.15, -0.1) is 0 Å². The molecule has 0 bridgehead atoms. The molecule has 0 unspecified atom stereocenters. The van der Waals surface area contributed by atoms with Crippen molar-refractivity contribution in [3.8, 4) is 0 Å². The van der Waals surface area contributed by atoms with E-state index in [4.69, 9.17) is 0 Å². The zero-order chi connectivity index (χ0) is 17.8. The summed E-state index contributed by atoms with van der Waals surface area (Å²) in [5.41, 5.74) is 3.26. The molecule has 0 aliphatic rings. The van der Waals surface area contributed by atoms with Crippen molar-refractivity contribution in [1.82, 2.24) is 0 Å². The fraction of sp³-hybridized carbons (Fsp3) is 0.545. The van der Waals surface area contributed by atoms with Gasteiger partial charge in [-0.1, -0.05) is 41.5 Å². The van der Waals surface area contributed by atoms with Gasteiger partial charge in [0.15, 0.2) is 24.8 Å². The Morgan fingerprint density at radius 1 is 0.577 bits per heavy atom. The number of hydrogen-bond acceptors (Lipinski definition) is 0. The third-order valence-corrected chi connectivity index (χ3v) is 4.60. The average molecular weight is 486 g/mol. The largest absolute Gasteiger partial charge is 1.00 e. The Morgan fingerprint density at radius 2 is 0.846 bits per heavy atom. The molecule has 0 saturated carbocycles. The van der Waals surface area contributed by atoms with E-state index in [1.54, 1.807) is 0 Å². The van der Waals surface area contributed by atoms with Gasteiger partial charge < -0.3 is 34.0 Å². The van der Waals surface area contributed by atoms with E-state index in [0.717, 1.165) is 13.1 Å². The molecule has 26 heavy (non-hydrogen) atoms. The second kappa shape index (κ2) is 10.6. The van der Waals surface area contributed by atoms with Crippen LogP contribution in [0.3, 0.4) is 0 Å². The fourth-order valence-corrected chi connectivity index (χ4v) is 2.80. The highest BCUT2D eigenvalue weighted by atomic mass is 79.9. The molecular weight excluding hydrogens is 452 g/mol. The van der Waals surface area contributed by atoms with Crippen LogP contribution in [0.1, 0.15) is 65.5 Å². The van der Waals surface area contributed by atoms with Crippen LogP contribution in [0.4, 0.5) is 0 Å². The van der Waals surface area contributed by atoms with E-state index in [-0.39, 0.29) is 44.8 Å². The van der Waals surface area contributed by atoms with Gasteiger partial charge in [-0.25, -0.2) is 9.13 Å². The quantitative estimate of drug-likeness (QED) is 0.354. The van der Waals surface area contributed by atoms with Gasteiger partial charge in [-0.2, -0.15) is 0 Å². The average Bonchev–Trinajstić information content (AvgIpc) is 2.51. The van der Waals surface area contributed by atoms with Crippen molar-refractivity contribution in [2.45, 2.75) is 78.3 Å². The Hall–Kier alpha value is -0.740. The van der Waals surface area contributed by atoms with E-state index in [1.807, 2.05) is 0 Å². The van der Waals surface area contributed by atoms with Crippen molar-refractivity contribution in [2.24, 2.45) is 0 Å². The lowest BCUT2D eigenvalue weighted by atomic mass is 9.88. The maximum Gasteiger partial charge on any atom is 0.169 e. The molecule has 2 nitrogen and oxygen atoms in total. The molecule has 4 heteroatoms. The van der Waals surface area contributed by atoms with E-state index in [1.165, 1.54) is 24.0 Å². The molecule has 0 aliphatic heterocycles. The maximum absolute atomic E-state index is 2.29. The number of aryl methyl sites for hydroxylation is 2. The standard InChI is InChI=1S/C22H34N2.2BrH/c1-21(2,3)19-9-15-23(16-10-19)13-7-8-14-24-17-11-20(12-18-24)22(4,5)6;;/h9-12,15-18H,7-8,13-14H2,1-6H3;2*1H/q+2;;/p-2. The third kappa shape index (κ3) is 7.87. The SMILES string of the molecule is CC(C)(C)c1cc[n+](CCCC[n+]2ccc(C(C)(C)C)cc2)cc1.[Br-].[Br-]. The molecule has 0 atom stereocenters. The summed E-state index contributed by atoms with van der Waals surface area (Å²) < 4.78 is 4.59. The number of hydrogen-bond donors (Lipinski definition) is 0. The van der Waals surface area contributed by atoms with Crippen molar-refractivity contribution in [3.05, 3.63) is 60.2 Å². The first-order valence-electron chi connectivity index (χ1n) is 9.15. The molecule has 0 spiro atoms. The molecule has 0 radical (unpaired) electrons. The van der Waals surface area contributed by atoms with Gasteiger partial charge >= 0.3 is 0 Å². The zero-order valence-corrected chi connectivity index (χ0v) is 20.3. The van der Waals surface area contributed by atoms with Gasteiger partial charge in [0.05, 0.1) is 0 Å². The highest BCUT2D eigenvalue weighted by Gasteiger charge is 2.16. The molecule has 0 saturated heterocycles. The predicted octanol–water partition coefficient (Wildman–Crippen LogP) is -1.65. The predicted molar refractivity (Wildman–Crippen MR) is 99.9 cm³/mol. The molecule has 0 amide bonds. The highest BCUT2D eigenvalue weighted by molar-refractivity contribution is 5.18. The molecule has 0 aliphatic carbocycles. The lowest BCUT2D eigenvalue weighted by Gasteiger charge is -2.17. The number of aromatic nitrogens is 2. The normalized spacial score (nSPS) is 11.5. The smallest absolute Gasteiger partial charge is 0.169 e. The first-order chi connectivity index (χ1) is 11.2.